The maximum atomic E-state index is 9.66. The number of pyridine rings is 1. The zero-order valence-corrected chi connectivity index (χ0v) is 10.3. The number of aliphatic hydroxyl groups is 1. The minimum atomic E-state index is -0.122. The number of furan rings is 1. The van der Waals surface area contributed by atoms with Gasteiger partial charge in [-0.05, 0) is 37.3 Å². The molecule has 4 nitrogen and oxygen atoms in total. The van der Waals surface area contributed by atoms with Gasteiger partial charge in [-0.15, -0.1) is 0 Å². The monoisotopic (exact) mass is 246 g/mol. The Bertz CT molecular complexity index is 523. The summed E-state index contributed by atoms with van der Waals surface area (Å²) in [4.78, 5) is 4.35. The molecule has 0 spiro atoms. The molecular weight excluding hydrogens is 228 g/mol. The highest BCUT2D eigenvalue weighted by Gasteiger charge is 2.20. The number of aromatic nitrogens is 1. The topological polar surface area (TPSA) is 58.3 Å². The smallest absolute Gasteiger partial charge is 0.139 e. The first-order valence-electron chi connectivity index (χ1n) is 6.57. The minimum Gasteiger partial charge on any atom is -0.464 e. The van der Waals surface area contributed by atoms with Gasteiger partial charge in [-0.25, -0.2) is 4.98 Å². The van der Waals surface area contributed by atoms with Crippen molar-refractivity contribution in [3.8, 4) is 0 Å². The van der Waals surface area contributed by atoms with Crippen LogP contribution in [0.15, 0.2) is 29.0 Å². The van der Waals surface area contributed by atoms with Crippen LogP contribution in [-0.4, -0.2) is 22.7 Å². The second-order valence-electron chi connectivity index (χ2n) is 5.06. The van der Waals surface area contributed by atoms with E-state index >= 15 is 0 Å². The molecule has 0 saturated heterocycles. The number of nitrogens with one attached hydrogen (secondary N) is 1. The first-order chi connectivity index (χ1) is 8.83. The van der Waals surface area contributed by atoms with Crippen LogP contribution in [0.2, 0.25) is 0 Å². The third-order valence-corrected chi connectivity index (χ3v) is 3.69. The highest BCUT2D eigenvalue weighted by Crippen LogP contribution is 2.26. The molecule has 2 N–H and O–H groups in total. The Morgan fingerprint density at radius 2 is 2.33 bits per heavy atom. The van der Waals surface area contributed by atoms with Crippen LogP contribution in [0.5, 0.6) is 0 Å². The van der Waals surface area contributed by atoms with Crippen LogP contribution >= 0.6 is 0 Å². The fourth-order valence-corrected chi connectivity index (χ4v) is 2.72. The van der Waals surface area contributed by atoms with E-state index in [0.29, 0.717) is 5.92 Å². The molecule has 96 valence electrons. The molecule has 2 heterocycles. The fourth-order valence-electron chi connectivity index (χ4n) is 2.72. The first kappa shape index (κ1) is 11.5. The zero-order valence-electron chi connectivity index (χ0n) is 10.3. The Labute approximate surface area is 106 Å². The quantitative estimate of drug-likeness (QED) is 0.874. The summed E-state index contributed by atoms with van der Waals surface area (Å²) in [5.74, 6) is 1.42. The van der Waals surface area contributed by atoms with E-state index in [2.05, 4.69) is 10.3 Å². The average Bonchev–Trinajstić information content (AvgIpc) is 2.85. The van der Waals surface area contributed by atoms with Crippen molar-refractivity contribution in [1.29, 1.82) is 0 Å². The summed E-state index contributed by atoms with van der Waals surface area (Å²) in [6, 6.07) is 3.80. The molecule has 0 aliphatic heterocycles. The van der Waals surface area contributed by atoms with E-state index < -0.39 is 0 Å². The standard InChI is InChI=1S/C14H18N2O2/c17-11-3-1-2-10(8-11)9-16-14-12-5-7-18-13(12)4-6-15-14/h4-7,10-11,17H,1-3,8-9H2,(H,15,16). The van der Waals surface area contributed by atoms with Gasteiger partial charge in [0.1, 0.15) is 11.4 Å². The largest absolute Gasteiger partial charge is 0.464 e. The molecule has 0 bridgehead atoms. The van der Waals surface area contributed by atoms with E-state index in [-0.39, 0.29) is 6.10 Å². The van der Waals surface area contributed by atoms with Gasteiger partial charge >= 0.3 is 0 Å². The van der Waals surface area contributed by atoms with Crippen LogP contribution in [0, 0.1) is 5.92 Å². The average molecular weight is 246 g/mol. The highest BCUT2D eigenvalue weighted by molar-refractivity contribution is 5.87. The van der Waals surface area contributed by atoms with Crippen LogP contribution in [0.4, 0.5) is 5.82 Å². The van der Waals surface area contributed by atoms with Gasteiger partial charge in [-0.1, -0.05) is 6.42 Å². The van der Waals surface area contributed by atoms with Gasteiger partial charge in [0.15, 0.2) is 0 Å². The Morgan fingerprint density at radius 3 is 3.22 bits per heavy atom. The van der Waals surface area contributed by atoms with Crippen LogP contribution < -0.4 is 5.32 Å². The molecule has 0 amide bonds. The van der Waals surface area contributed by atoms with Gasteiger partial charge in [0.05, 0.1) is 17.8 Å². The predicted octanol–water partition coefficient (Wildman–Crippen LogP) is 2.79. The molecular formula is C14H18N2O2. The van der Waals surface area contributed by atoms with Crippen molar-refractivity contribution in [2.75, 3.05) is 11.9 Å². The van der Waals surface area contributed by atoms with Crippen LogP contribution in [0.3, 0.4) is 0 Å². The highest BCUT2D eigenvalue weighted by atomic mass is 16.3. The first-order valence-corrected chi connectivity index (χ1v) is 6.57. The minimum absolute atomic E-state index is 0.122. The van der Waals surface area contributed by atoms with Gasteiger partial charge in [0, 0.05) is 12.7 Å². The van der Waals surface area contributed by atoms with Crippen LogP contribution in [0.25, 0.3) is 11.0 Å². The normalized spacial score (nSPS) is 24.3. The second kappa shape index (κ2) is 4.98. The summed E-state index contributed by atoms with van der Waals surface area (Å²) < 4.78 is 5.35. The summed E-state index contributed by atoms with van der Waals surface area (Å²) in [6.07, 6.45) is 7.47. The Balaban J connectivity index is 1.67. The number of fused-ring (bicyclic) bond motifs is 1. The van der Waals surface area contributed by atoms with E-state index in [1.165, 1.54) is 6.42 Å². The van der Waals surface area contributed by atoms with E-state index in [4.69, 9.17) is 4.42 Å². The second-order valence-corrected chi connectivity index (χ2v) is 5.06. The van der Waals surface area contributed by atoms with Crippen molar-refractivity contribution in [3.05, 3.63) is 24.6 Å². The Hall–Kier alpha value is -1.55. The SMILES string of the molecule is OC1CCCC(CNc2nccc3occc23)C1. The maximum Gasteiger partial charge on any atom is 0.139 e. The zero-order chi connectivity index (χ0) is 12.4. The molecule has 0 radical (unpaired) electrons. The van der Waals surface area contributed by atoms with Gasteiger partial charge in [-0.2, -0.15) is 0 Å². The Morgan fingerprint density at radius 1 is 1.39 bits per heavy atom. The van der Waals surface area contributed by atoms with E-state index in [0.717, 1.165) is 42.6 Å². The molecule has 2 atom stereocenters. The van der Waals surface area contributed by atoms with Crippen LogP contribution in [0.1, 0.15) is 25.7 Å². The summed E-state index contributed by atoms with van der Waals surface area (Å²) >= 11 is 0. The Kier molecular flexibility index (Phi) is 3.19. The van der Waals surface area contributed by atoms with Gasteiger partial charge in [0.2, 0.25) is 0 Å². The number of nitrogens with zero attached hydrogens (tertiary/aromatic N) is 1. The number of hydrogen-bond donors (Lipinski definition) is 2. The van der Waals surface area contributed by atoms with Gasteiger partial charge in [-0.3, -0.25) is 0 Å². The lowest BCUT2D eigenvalue weighted by Crippen LogP contribution is -2.25. The predicted molar refractivity (Wildman–Crippen MR) is 70.5 cm³/mol. The number of rotatable bonds is 3. The number of anilines is 1. The van der Waals surface area contributed by atoms with Crippen molar-refractivity contribution in [2.24, 2.45) is 5.92 Å². The molecule has 1 fully saturated rings. The number of hydrogen-bond acceptors (Lipinski definition) is 4. The van der Waals surface area contributed by atoms with Gasteiger partial charge in [0.25, 0.3) is 0 Å². The van der Waals surface area contributed by atoms with Crippen LogP contribution in [-0.2, 0) is 0 Å². The molecule has 1 saturated carbocycles. The van der Waals surface area contributed by atoms with E-state index in [9.17, 15) is 5.11 Å². The molecule has 2 unspecified atom stereocenters. The van der Waals surface area contributed by atoms with Crippen molar-refractivity contribution in [1.82, 2.24) is 4.98 Å². The van der Waals surface area contributed by atoms with Crippen molar-refractivity contribution < 1.29 is 9.52 Å². The summed E-state index contributed by atoms with van der Waals surface area (Å²) in [6.45, 7) is 0.869. The molecule has 2 aromatic heterocycles. The molecule has 2 aromatic rings. The lowest BCUT2D eigenvalue weighted by Gasteiger charge is -2.26. The van der Waals surface area contributed by atoms with E-state index in [1.807, 2.05) is 12.1 Å². The van der Waals surface area contributed by atoms with Gasteiger partial charge < -0.3 is 14.8 Å². The molecule has 1 aliphatic carbocycles. The van der Waals surface area contributed by atoms with Crippen molar-refractivity contribution >= 4 is 16.8 Å². The summed E-state index contributed by atoms with van der Waals surface area (Å²) in [5, 5.41) is 14.1. The fraction of sp³-hybridized carbons (Fsp3) is 0.500. The maximum absolute atomic E-state index is 9.66. The molecule has 0 aromatic carbocycles. The molecule has 3 rings (SSSR count). The van der Waals surface area contributed by atoms with Crippen molar-refractivity contribution in [3.63, 3.8) is 0 Å². The number of aliphatic hydroxyl groups excluding tert-OH is 1. The molecule has 1 aliphatic rings. The lowest BCUT2D eigenvalue weighted by molar-refractivity contribution is 0.104. The third kappa shape index (κ3) is 2.34. The molecule has 18 heavy (non-hydrogen) atoms. The molecule has 4 heteroatoms. The lowest BCUT2D eigenvalue weighted by atomic mass is 9.87. The summed E-state index contributed by atoms with van der Waals surface area (Å²) in [7, 11) is 0. The van der Waals surface area contributed by atoms with E-state index in [1.54, 1.807) is 12.5 Å². The van der Waals surface area contributed by atoms with Crippen molar-refractivity contribution in [2.45, 2.75) is 31.8 Å². The third-order valence-electron chi connectivity index (χ3n) is 3.69. The summed E-state index contributed by atoms with van der Waals surface area (Å²) in [5.41, 5.74) is 0.858.